The highest BCUT2D eigenvalue weighted by molar-refractivity contribution is 8.00. The fourth-order valence-electron chi connectivity index (χ4n) is 1.86. The molecule has 1 aliphatic rings. The minimum Gasteiger partial charge on any atom is -0.383 e. The van der Waals surface area contributed by atoms with Crippen LogP contribution in [0, 0.1) is 0 Å². The van der Waals surface area contributed by atoms with Crippen LogP contribution in [0.1, 0.15) is 31.6 Å². The maximum Gasteiger partial charge on any atom is 0.233 e. The van der Waals surface area contributed by atoms with Gasteiger partial charge in [0.05, 0.1) is 18.4 Å². The van der Waals surface area contributed by atoms with Gasteiger partial charge in [0.2, 0.25) is 5.91 Å². The summed E-state index contributed by atoms with van der Waals surface area (Å²) in [5.41, 5.74) is 5.68. The van der Waals surface area contributed by atoms with Crippen molar-refractivity contribution in [2.75, 3.05) is 20.3 Å². The van der Waals surface area contributed by atoms with Gasteiger partial charge >= 0.3 is 0 Å². The zero-order chi connectivity index (χ0) is 14.5. The van der Waals surface area contributed by atoms with Gasteiger partial charge in [-0.05, 0) is 19.8 Å². The summed E-state index contributed by atoms with van der Waals surface area (Å²) in [7, 11) is 1.61. The average molecular weight is 299 g/mol. The zero-order valence-corrected chi connectivity index (χ0v) is 12.7. The number of carbonyl (C=O) groups is 1. The van der Waals surface area contributed by atoms with Crippen LogP contribution in [0.15, 0.2) is 5.16 Å². The van der Waals surface area contributed by atoms with E-state index >= 15 is 0 Å². The molecule has 0 radical (unpaired) electrons. The van der Waals surface area contributed by atoms with Crippen LogP contribution in [0.2, 0.25) is 0 Å². The average Bonchev–Trinajstić information content (AvgIpc) is 3.20. The van der Waals surface area contributed by atoms with Gasteiger partial charge in [0, 0.05) is 19.7 Å². The standard InChI is InChI=1S/C12H21N5O2S/c1-8(11(18)14-5-6-19-2)20-12-16-15-10(7-13)17(12)9-3-4-9/h8-9H,3-7,13H2,1-2H3,(H,14,18). The predicted octanol–water partition coefficient (Wildman–Crippen LogP) is 0.315. The number of rotatable bonds is 8. The molecule has 8 heteroatoms. The lowest BCUT2D eigenvalue weighted by molar-refractivity contribution is -0.120. The van der Waals surface area contributed by atoms with E-state index in [-0.39, 0.29) is 11.2 Å². The Morgan fingerprint density at radius 3 is 2.95 bits per heavy atom. The van der Waals surface area contributed by atoms with Gasteiger partial charge in [-0.15, -0.1) is 10.2 Å². The van der Waals surface area contributed by atoms with Gasteiger partial charge in [-0.25, -0.2) is 0 Å². The maximum atomic E-state index is 11.9. The van der Waals surface area contributed by atoms with Gasteiger partial charge in [0.25, 0.3) is 0 Å². The lowest BCUT2D eigenvalue weighted by Gasteiger charge is -2.12. The van der Waals surface area contributed by atoms with Crippen molar-refractivity contribution in [1.82, 2.24) is 20.1 Å². The van der Waals surface area contributed by atoms with Crippen LogP contribution >= 0.6 is 11.8 Å². The molecule has 1 aliphatic carbocycles. The first-order valence-corrected chi connectivity index (χ1v) is 7.62. The lowest BCUT2D eigenvalue weighted by atomic mass is 10.4. The van der Waals surface area contributed by atoms with E-state index < -0.39 is 0 Å². The maximum absolute atomic E-state index is 11.9. The summed E-state index contributed by atoms with van der Waals surface area (Å²) in [6.45, 7) is 3.27. The fourth-order valence-corrected chi connectivity index (χ4v) is 2.82. The predicted molar refractivity (Wildman–Crippen MR) is 76.4 cm³/mol. The second-order valence-corrected chi connectivity index (χ2v) is 6.06. The molecular weight excluding hydrogens is 278 g/mol. The molecule has 1 aromatic rings. The second kappa shape index (κ2) is 7.05. The molecule has 112 valence electrons. The molecule has 3 N–H and O–H groups in total. The number of nitrogens with one attached hydrogen (secondary N) is 1. The smallest absolute Gasteiger partial charge is 0.233 e. The summed E-state index contributed by atoms with van der Waals surface area (Å²) < 4.78 is 6.98. The van der Waals surface area contributed by atoms with E-state index in [1.165, 1.54) is 11.8 Å². The number of methoxy groups -OCH3 is 1. The number of hydrogen-bond acceptors (Lipinski definition) is 6. The number of amides is 1. The molecule has 1 amide bonds. The van der Waals surface area contributed by atoms with Gasteiger partial charge in [0.15, 0.2) is 5.16 Å². The van der Waals surface area contributed by atoms with Crippen LogP contribution in [0.5, 0.6) is 0 Å². The summed E-state index contributed by atoms with van der Waals surface area (Å²) in [6, 6.07) is 0.454. The zero-order valence-electron chi connectivity index (χ0n) is 11.8. The van der Waals surface area contributed by atoms with Gasteiger partial charge in [0.1, 0.15) is 5.82 Å². The third-order valence-electron chi connectivity index (χ3n) is 3.09. The SMILES string of the molecule is COCCNC(=O)C(C)Sc1nnc(CN)n1C1CC1. The summed E-state index contributed by atoms with van der Waals surface area (Å²) in [5, 5.41) is 11.6. The number of nitrogens with zero attached hydrogens (tertiary/aromatic N) is 3. The van der Waals surface area contributed by atoms with Gasteiger partial charge in [-0.3, -0.25) is 4.79 Å². The number of carbonyl (C=O) groups excluding carboxylic acids is 1. The Bertz CT molecular complexity index is 461. The summed E-state index contributed by atoms with van der Waals surface area (Å²) in [4.78, 5) is 11.9. The normalized spacial score (nSPS) is 16.1. The third kappa shape index (κ3) is 3.71. The minimum atomic E-state index is -0.223. The van der Waals surface area contributed by atoms with Crippen molar-refractivity contribution in [3.8, 4) is 0 Å². The fraction of sp³-hybridized carbons (Fsp3) is 0.750. The van der Waals surface area contributed by atoms with E-state index in [9.17, 15) is 4.79 Å². The van der Waals surface area contributed by atoms with Crippen molar-refractivity contribution < 1.29 is 9.53 Å². The van der Waals surface area contributed by atoms with Crippen LogP contribution in [0.4, 0.5) is 0 Å². The van der Waals surface area contributed by atoms with Crippen molar-refractivity contribution in [3.63, 3.8) is 0 Å². The number of ether oxygens (including phenoxy) is 1. The van der Waals surface area contributed by atoms with Crippen molar-refractivity contribution in [2.45, 2.75) is 42.8 Å². The van der Waals surface area contributed by atoms with E-state index in [1.807, 2.05) is 6.92 Å². The molecule has 0 bridgehead atoms. The molecule has 1 saturated carbocycles. The number of aromatic nitrogens is 3. The molecule has 0 aliphatic heterocycles. The molecule has 0 saturated heterocycles. The molecule has 2 rings (SSSR count). The summed E-state index contributed by atoms with van der Waals surface area (Å²) in [6.07, 6.45) is 2.26. The van der Waals surface area contributed by atoms with Crippen LogP contribution in [-0.2, 0) is 16.1 Å². The Balaban J connectivity index is 1.95. The molecular formula is C12H21N5O2S. The molecule has 1 unspecified atom stereocenters. The molecule has 0 spiro atoms. The topological polar surface area (TPSA) is 95.1 Å². The molecule has 1 heterocycles. The van der Waals surface area contributed by atoms with E-state index in [2.05, 4.69) is 20.1 Å². The second-order valence-electron chi connectivity index (χ2n) is 4.75. The highest BCUT2D eigenvalue weighted by atomic mass is 32.2. The number of nitrogens with two attached hydrogens (primary N) is 1. The molecule has 1 atom stereocenters. The van der Waals surface area contributed by atoms with Crippen molar-refractivity contribution >= 4 is 17.7 Å². The van der Waals surface area contributed by atoms with Gasteiger partial charge in [-0.2, -0.15) is 0 Å². The van der Waals surface area contributed by atoms with Crippen LogP contribution in [0.3, 0.4) is 0 Å². The number of hydrogen-bond donors (Lipinski definition) is 2. The Kier molecular flexibility index (Phi) is 5.38. The van der Waals surface area contributed by atoms with Crippen LogP contribution < -0.4 is 11.1 Å². The summed E-state index contributed by atoms with van der Waals surface area (Å²) >= 11 is 1.42. The van der Waals surface area contributed by atoms with Gasteiger partial charge in [-0.1, -0.05) is 11.8 Å². The molecule has 20 heavy (non-hydrogen) atoms. The van der Waals surface area contributed by atoms with E-state index in [0.29, 0.717) is 25.7 Å². The first kappa shape index (κ1) is 15.3. The Labute approximate surface area is 122 Å². The minimum absolute atomic E-state index is 0.0216. The molecule has 0 aromatic carbocycles. The highest BCUT2D eigenvalue weighted by Crippen LogP contribution is 2.39. The van der Waals surface area contributed by atoms with Crippen molar-refractivity contribution in [2.24, 2.45) is 5.73 Å². The van der Waals surface area contributed by atoms with E-state index in [0.717, 1.165) is 23.8 Å². The Morgan fingerprint density at radius 1 is 1.60 bits per heavy atom. The molecule has 1 fully saturated rings. The van der Waals surface area contributed by atoms with Crippen LogP contribution in [0.25, 0.3) is 0 Å². The van der Waals surface area contributed by atoms with Crippen molar-refractivity contribution in [1.29, 1.82) is 0 Å². The number of thioether (sulfide) groups is 1. The molecule has 1 aromatic heterocycles. The van der Waals surface area contributed by atoms with Crippen LogP contribution in [-0.4, -0.2) is 46.2 Å². The first-order valence-electron chi connectivity index (χ1n) is 6.74. The first-order chi connectivity index (χ1) is 9.67. The monoisotopic (exact) mass is 299 g/mol. The Morgan fingerprint density at radius 2 is 2.35 bits per heavy atom. The van der Waals surface area contributed by atoms with Gasteiger partial charge < -0.3 is 20.4 Å². The lowest BCUT2D eigenvalue weighted by Crippen LogP contribution is -2.33. The van der Waals surface area contributed by atoms with E-state index in [4.69, 9.17) is 10.5 Å². The summed E-state index contributed by atoms with van der Waals surface area (Å²) in [5.74, 6) is 0.772. The third-order valence-corrected chi connectivity index (χ3v) is 4.14. The highest BCUT2D eigenvalue weighted by Gasteiger charge is 2.30. The van der Waals surface area contributed by atoms with Crippen molar-refractivity contribution in [3.05, 3.63) is 5.82 Å². The Hall–Kier alpha value is -1.12. The largest absolute Gasteiger partial charge is 0.383 e. The van der Waals surface area contributed by atoms with E-state index in [1.54, 1.807) is 7.11 Å². The quantitative estimate of drug-likeness (QED) is 0.530. The molecule has 7 nitrogen and oxygen atoms in total.